The molecule has 0 bridgehead atoms. The van der Waals surface area contributed by atoms with Gasteiger partial charge in [0.15, 0.2) is 5.69 Å². The lowest BCUT2D eigenvalue weighted by atomic mass is 9.82. The largest absolute Gasteiger partial charge is 0.481 e. The number of nitrogens with one attached hydrogen (secondary N) is 2. The minimum Gasteiger partial charge on any atom is -0.481 e. The van der Waals surface area contributed by atoms with E-state index < -0.39 is 29.9 Å². The molecule has 0 saturated heterocycles. The van der Waals surface area contributed by atoms with Crippen molar-refractivity contribution in [2.45, 2.75) is 25.8 Å². The third-order valence-corrected chi connectivity index (χ3v) is 5.09. The summed E-state index contributed by atoms with van der Waals surface area (Å²) in [6.07, 6.45) is 1.76. The predicted molar refractivity (Wildman–Crippen MR) is 111 cm³/mol. The normalized spacial score (nSPS) is 13.9. The van der Waals surface area contributed by atoms with E-state index in [4.69, 9.17) is 0 Å². The van der Waals surface area contributed by atoms with Crippen LogP contribution in [0.15, 0.2) is 60.8 Å². The maximum absolute atomic E-state index is 12.4. The standard InChI is InChI=1S/C22H24N4O4/c1-22(14-27,21(29)30)12-18(24-20(28)19-13-23-26-25-19)11-15-7-9-17(10-8-15)16-5-3-2-4-6-16/h2-10,13,18,27H,11-12,14H2,1H3,(H,24,28)(H,29,30)(H,23,25,26)/t18-,22-/m1/s1. The number of aliphatic hydroxyl groups is 1. The molecule has 8 nitrogen and oxygen atoms in total. The Labute approximate surface area is 174 Å². The van der Waals surface area contributed by atoms with Gasteiger partial charge >= 0.3 is 5.97 Å². The fourth-order valence-corrected chi connectivity index (χ4v) is 3.26. The number of carbonyl (C=O) groups is 2. The molecule has 4 N–H and O–H groups in total. The summed E-state index contributed by atoms with van der Waals surface area (Å²) in [5.74, 6) is -1.58. The molecule has 0 aliphatic heterocycles. The fourth-order valence-electron chi connectivity index (χ4n) is 3.26. The lowest BCUT2D eigenvalue weighted by Gasteiger charge is -2.28. The highest BCUT2D eigenvalue weighted by Gasteiger charge is 2.36. The first kappa shape index (κ1) is 21.2. The number of carboxylic acids is 1. The topological polar surface area (TPSA) is 128 Å². The van der Waals surface area contributed by atoms with E-state index in [9.17, 15) is 19.8 Å². The number of hydrogen-bond donors (Lipinski definition) is 4. The van der Waals surface area contributed by atoms with Crippen LogP contribution in [0.4, 0.5) is 0 Å². The quantitative estimate of drug-likeness (QED) is 0.430. The summed E-state index contributed by atoms with van der Waals surface area (Å²) in [4.78, 5) is 24.1. The monoisotopic (exact) mass is 408 g/mol. The van der Waals surface area contributed by atoms with Crippen molar-refractivity contribution in [3.05, 3.63) is 72.1 Å². The van der Waals surface area contributed by atoms with Gasteiger partial charge in [-0.05, 0) is 36.5 Å². The van der Waals surface area contributed by atoms with Crippen LogP contribution in [0.5, 0.6) is 0 Å². The molecule has 1 amide bonds. The second kappa shape index (κ2) is 9.32. The van der Waals surface area contributed by atoms with Crippen LogP contribution in [0, 0.1) is 5.41 Å². The highest BCUT2D eigenvalue weighted by atomic mass is 16.4. The van der Waals surface area contributed by atoms with Gasteiger partial charge in [-0.2, -0.15) is 15.4 Å². The molecule has 1 aromatic heterocycles. The number of aliphatic hydroxyl groups excluding tert-OH is 1. The Balaban J connectivity index is 1.79. The number of rotatable bonds is 9. The number of carboxylic acid groups (broad SMARTS) is 1. The summed E-state index contributed by atoms with van der Waals surface area (Å²) in [5.41, 5.74) is 1.82. The number of benzene rings is 2. The Morgan fingerprint density at radius 2 is 1.77 bits per heavy atom. The number of amides is 1. The summed E-state index contributed by atoms with van der Waals surface area (Å²) in [5, 5.41) is 31.7. The lowest BCUT2D eigenvalue weighted by Crippen LogP contribution is -2.44. The summed E-state index contributed by atoms with van der Waals surface area (Å²) in [6.45, 7) is 0.925. The maximum atomic E-state index is 12.4. The van der Waals surface area contributed by atoms with Crippen molar-refractivity contribution >= 4 is 11.9 Å². The van der Waals surface area contributed by atoms with Gasteiger partial charge in [-0.3, -0.25) is 9.59 Å². The Kier molecular flexibility index (Phi) is 6.58. The molecular formula is C22H24N4O4. The van der Waals surface area contributed by atoms with Crippen molar-refractivity contribution in [2.24, 2.45) is 5.41 Å². The average Bonchev–Trinajstić information content (AvgIpc) is 3.30. The minimum atomic E-state index is -1.38. The zero-order valence-corrected chi connectivity index (χ0v) is 16.6. The molecule has 0 aliphatic carbocycles. The van der Waals surface area contributed by atoms with Crippen molar-refractivity contribution in [3.8, 4) is 11.1 Å². The van der Waals surface area contributed by atoms with Crippen LogP contribution < -0.4 is 5.32 Å². The van der Waals surface area contributed by atoms with E-state index in [1.807, 2.05) is 54.6 Å². The molecule has 156 valence electrons. The highest BCUT2D eigenvalue weighted by Crippen LogP contribution is 2.26. The van der Waals surface area contributed by atoms with Crippen LogP contribution in [0.1, 0.15) is 29.4 Å². The van der Waals surface area contributed by atoms with Gasteiger partial charge in [0.2, 0.25) is 0 Å². The van der Waals surface area contributed by atoms with Gasteiger partial charge in [0.1, 0.15) is 0 Å². The average molecular weight is 408 g/mol. The van der Waals surface area contributed by atoms with E-state index in [2.05, 4.69) is 20.7 Å². The van der Waals surface area contributed by atoms with E-state index in [-0.39, 0.29) is 12.1 Å². The van der Waals surface area contributed by atoms with Crippen LogP contribution in [0.2, 0.25) is 0 Å². The molecule has 0 fully saturated rings. The first-order chi connectivity index (χ1) is 14.4. The Bertz CT molecular complexity index is 974. The summed E-state index contributed by atoms with van der Waals surface area (Å²) >= 11 is 0. The highest BCUT2D eigenvalue weighted by molar-refractivity contribution is 5.92. The fraction of sp³-hybridized carbons (Fsp3) is 0.273. The minimum absolute atomic E-state index is 0.0584. The lowest BCUT2D eigenvalue weighted by molar-refractivity contribution is -0.151. The number of aromatic amines is 1. The van der Waals surface area contributed by atoms with Gasteiger partial charge < -0.3 is 15.5 Å². The van der Waals surface area contributed by atoms with Crippen LogP contribution in [-0.2, 0) is 11.2 Å². The zero-order valence-electron chi connectivity index (χ0n) is 16.6. The number of carbonyl (C=O) groups excluding carboxylic acids is 1. The van der Waals surface area contributed by atoms with Crippen LogP contribution >= 0.6 is 0 Å². The molecule has 3 rings (SSSR count). The zero-order chi connectivity index (χ0) is 21.6. The summed E-state index contributed by atoms with van der Waals surface area (Å²) in [6, 6.07) is 17.3. The van der Waals surface area contributed by atoms with Gasteiger partial charge in [0.05, 0.1) is 18.2 Å². The van der Waals surface area contributed by atoms with E-state index in [0.717, 1.165) is 16.7 Å². The van der Waals surface area contributed by atoms with Gasteiger partial charge in [-0.25, -0.2) is 0 Å². The van der Waals surface area contributed by atoms with Crippen molar-refractivity contribution in [2.75, 3.05) is 6.61 Å². The first-order valence-electron chi connectivity index (χ1n) is 9.56. The van der Waals surface area contributed by atoms with Crippen molar-refractivity contribution in [1.29, 1.82) is 0 Å². The molecule has 2 aromatic carbocycles. The Hall–Kier alpha value is -3.52. The van der Waals surface area contributed by atoms with Crippen molar-refractivity contribution in [3.63, 3.8) is 0 Å². The van der Waals surface area contributed by atoms with Gasteiger partial charge in [0.25, 0.3) is 5.91 Å². The molecule has 0 saturated carbocycles. The molecule has 0 radical (unpaired) electrons. The van der Waals surface area contributed by atoms with Crippen LogP contribution in [0.25, 0.3) is 11.1 Å². The number of aromatic nitrogens is 3. The molecule has 8 heteroatoms. The van der Waals surface area contributed by atoms with E-state index in [1.54, 1.807) is 0 Å². The second-order valence-corrected chi connectivity index (χ2v) is 7.52. The Morgan fingerprint density at radius 1 is 1.10 bits per heavy atom. The third kappa shape index (κ3) is 5.09. The molecule has 3 aromatic rings. The Morgan fingerprint density at radius 3 is 2.33 bits per heavy atom. The maximum Gasteiger partial charge on any atom is 0.311 e. The molecule has 0 aliphatic rings. The number of H-pyrrole nitrogens is 1. The van der Waals surface area contributed by atoms with Gasteiger partial charge in [-0.1, -0.05) is 54.6 Å². The van der Waals surface area contributed by atoms with Crippen LogP contribution in [-0.4, -0.2) is 50.1 Å². The molecule has 1 heterocycles. The smallest absolute Gasteiger partial charge is 0.311 e. The molecular weight excluding hydrogens is 384 g/mol. The third-order valence-electron chi connectivity index (χ3n) is 5.09. The number of nitrogens with zero attached hydrogens (tertiary/aromatic N) is 2. The summed E-state index contributed by atoms with van der Waals surface area (Å²) < 4.78 is 0. The molecule has 0 spiro atoms. The summed E-state index contributed by atoms with van der Waals surface area (Å²) in [7, 11) is 0. The van der Waals surface area contributed by atoms with Crippen molar-refractivity contribution in [1.82, 2.24) is 20.7 Å². The molecule has 0 unspecified atom stereocenters. The molecule has 30 heavy (non-hydrogen) atoms. The SMILES string of the molecule is C[C@](CO)(C[C@@H](Cc1ccc(-c2ccccc2)cc1)NC(=O)c1cn[nH]n1)C(=O)O. The van der Waals surface area contributed by atoms with E-state index in [0.29, 0.717) is 6.42 Å². The second-order valence-electron chi connectivity index (χ2n) is 7.52. The van der Waals surface area contributed by atoms with Crippen LogP contribution in [0.3, 0.4) is 0 Å². The molecule has 2 atom stereocenters. The van der Waals surface area contributed by atoms with Gasteiger partial charge in [0, 0.05) is 6.04 Å². The van der Waals surface area contributed by atoms with Crippen molar-refractivity contribution < 1.29 is 19.8 Å². The number of hydrogen-bond acceptors (Lipinski definition) is 5. The van der Waals surface area contributed by atoms with E-state index >= 15 is 0 Å². The number of aliphatic carboxylic acids is 1. The first-order valence-corrected chi connectivity index (χ1v) is 9.56. The van der Waals surface area contributed by atoms with E-state index in [1.165, 1.54) is 13.1 Å². The van der Waals surface area contributed by atoms with Gasteiger partial charge in [-0.15, -0.1) is 0 Å². The predicted octanol–water partition coefficient (Wildman–Crippen LogP) is 2.29.